The summed E-state index contributed by atoms with van der Waals surface area (Å²) in [6.45, 7) is 3.61. The minimum absolute atomic E-state index is 0.0213. The topological polar surface area (TPSA) is 67.7 Å². The van der Waals surface area contributed by atoms with Crippen molar-refractivity contribution in [2.24, 2.45) is 0 Å². The van der Waals surface area contributed by atoms with E-state index in [1.54, 1.807) is 13.0 Å². The van der Waals surface area contributed by atoms with Crippen LogP contribution >= 0.6 is 0 Å². The molecular weight excluding hydrogens is 172 g/mol. The van der Waals surface area contributed by atoms with E-state index in [0.29, 0.717) is 11.6 Å². The van der Waals surface area contributed by atoms with Gasteiger partial charge in [0.15, 0.2) is 11.9 Å². The summed E-state index contributed by atoms with van der Waals surface area (Å²) in [4.78, 5) is 11.3. The molecule has 0 aliphatic carbocycles. The van der Waals surface area contributed by atoms with Gasteiger partial charge in [-0.05, 0) is 13.8 Å². The molecule has 13 heavy (non-hydrogen) atoms. The summed E-state index contributed by atoms with van der Waals surface area (Å²) < 4.78 is 9.77. The van der Waals surface area contributed by atoms with Crippen molar-refractivity contribution in [2.45, 2.75) is 26.1 Å². The van der Waals surface area contributed by atoms with Crippen molar-refractivity contribution in [3.05, 3.63) is 11.8 Å². The number of ether oxygens (including phenoxy) is 1. The summed E-state index contributed by atoms with van der Waals surface area (Å²) in [5.41, 5.74) is 0. The molecule has 2 atom stereocenters. The molecule has 0 bridgehead atoms. The number of amides is 1. The SMILES string of the molecule is Cc1cc(NC(=O)[C@@H]2O[C@H]2C)no1. The summed E-state index contributed by atoms with van der Waals surface area (Å²) in [6.07, 6.45) is -0.301. The van der Waals surface area contributed by atoms with Crippen LogP contribution in [0.1, 0.15) is 12.7 Å². The van der Waals surface area contributed by atoms with E-state index < -0.39 is 0 Å². The predicted octanol–water partition coefficient (Wildman–Crippen LogP) is 0.709. The lowest BCUT2D eigenvalue weighted by atomic mass is 10.3. The highest BCUT2D eigenvalue weighted by molar-refractivity contribution is 5.95. The number of aryl methyl sites for hydroxylation is 1. The van der Waals surface area contributed by atoms with Gasteiger partial charge in [0.25, 0.3) is 5.91 Å². The van der Waals surface area contributed by atoms with Crippen molar-refractivity contribution in [2.75, 3.05) is 5.32 Å². The third-order valence-electron chi connectivity index (χ3n) is 1.85. The van der Waals surface area contributed by atoms with Crippen LogP contribution < -0.4 is 5.32 Å². The van der Waals surface area contributed by atoms with Crippen molar-refractivity contribution < 1.29 is 14.1 Å². The lowest BCUT2D eigenvalue weighted by molar-refractivity contribution is -0.117. The van der Waals surface area contributed by atoms with E-state index >= 15 is 0 Å². The van der Waals surface area contributed by atoms with Crippen LogP contribution in [-0.2, 0) is 9.53 Å². The number of carbonyl (C=O) groups excluding carboxylic acids is 1. The number of epoxide rings is 1. The molecule has 2 heterocycles. The monoisotopic (exact) mass is 182 g/mol. The van der Waals surface area contributed by atoms with Crippen LogP contribution in [0.15, 0.2) is 10.6 Å². The van der Waals surface area contributed by atoms with E-state index in [-0.39, 0.29) is 18.1 Å². The number of hydrogen-bond donors (Lipinski definition) is 1. The predicted molar refractivity (Wildman–Crippen MR) is 44.2 cm³/mol. The van der Waals surface area contributed by atoms with Gasteiger partial charge in [-0.15, -0.1) is 0 Å². The first kappa shape index (κ1) is 8.25. The number of nitrogens with one attached hydrogen (secondary N) is 1. The number of aromatic nitrogens is 1. The van der Waals surface area contributed by atoms with E-state index in [2.05, 4.69) is 10.5 Å². The van der Waals surface area contributed by atoms with Gasteiger partial charge in [0.05, 0.1) is 6.10 Å². The fraction of sp³-hybridized carbons (Fsp3) is 0.500. The van der Waals surface area contributed by atoms with Gasteiger partial charge in [-0.1, -0.05) is 5.16 Å². The van der Waals surface area contributed by atoms with Crippen molar-refractivity contribution in [3.63, 3.8) is 0 Å². The van der Waals surface area contributed by atoms with Crippen molar-refractivity contribution >= 4 is 11.7 Å². The average molecular weight is 182 g/mol. The van der Waals surface area contributed by atoms with E-state index in [1.165, 1.54) is 0 Å². The molecular formula is C8H10N2O3. The van der Waals surface area contributed by atoms with Crippen molar-refractivity contribution in [3.8, 4) is 0 Å². The minimum atomic E-state index is -0.322. The Bertz CT molecular complexity index is 334. The Morgan fingerprint density at radius 1 is 1.69 bits per heavy atom. The van der Waals surface area contributed by atoms with Gasteiger partial charge in [-0.2, -0.15) is 0 Å². The Morgan fingerprint density at radius 3 is 2.85 bits per heavy atom. The summed E-state index contributed by atoms with van der Waals surface area (Å²) in [5.74, 6) is 0.936. The highest BCUT2D eigenvalue weighted by Gasteiger charge is 2.41. The lowest BCUT2D eigenvalue weighted by Gasteiger charge is -1.94. The summed E-state index contributed by atoms with van der Waals surface area (Å²) in [7, 11) is 0. The third kappa shape index (κ3) is 1.70. The van der Waals surface area contributed by atoms with Crippen molar-refractivity contribution in [1.82, 2.24) is 5.16 Å². The Labute approximate surface area is 75.0 Å². The fourth-order valence-corrected chi connectivity index (χ4v) is 1.08. The number of carbonyl (C=O) groups is 1. The molecule has 1 aliphatic heterocycles. The molecule has 1 aromatic heterocycles. The lowest BCUT2D eigenvalue weighted by Crippen LogP contribution is -2.19. The van der Waals surface area contributed by atoms with Gasteiger partial charge in [0, 0.05) is 6.07 Å². The molecule has 0 unspecified atom stereocenters. The Hall–Kier alpha value is -1.36. The number of anilines is 1. The normalized spacial score (nSPS) is 25.7. The summed E-state index contributed by atoms with van der Waals surface area (Å²) in [6, 6.07) is 1.66. The maximum Gasteiger partial charge on any atom is 0.257 e. The zero-order valence-electron chi connectivity index (χ0n) is 7.40. The molecule has 70 valence electrons. The minimum Gasteiger partial charge on any atom is -0.360 e. The number of rotatable bonds is 2. The maximum absolute atomic E-state index is 11.3. The first-order chi connectivity index (χ1) is 6.16. The second-order valence-corrected chi connectivity index (χ2v) is 3.07. The van der Waals surface area contributed by atoms with Crippen LogP contribution in [0, 0.1) is 6.92 Å². The third-order valence-corrected chi connectivity index (χ3v) is 1.85. The molecule has 5 nitrogen and oxygen atoms in total. The summed E-state index contributed by atoms with van der Waals surface area (Å²) >= 11 is 0. The molecule has 1 N–H and O–H groups in total. The molecule has 0 radical (unpaired) electrons. The van der Waals surface area contributed by atoms with Crippen LogP contribution in [0.2, 0.25) is 0 Å². The number of hydrogen-bond acceptors (Lipinski definition) is 4. The number of nitrogens with zero attached hydrogens (tertiary/aromatic N) is 1. The Morgan fingerprint density at radius 2 is 2.38 bits per heavy atom. The van der Waals surface area contributed by atoms with E-state index in [4.69, 9.17) is 9.26 Å². The van der Waals surface area contributed by atoms with Gasteiger partial charge >= 0.3 is 0 Å². The van der Waals surface area contributed by atoms with Gasteiger partial charge in [0.2, 0.25) is 0 Å². The molecule has 5 heteroatoms. The smallest absolute Gasteiger partial charge is 0.257 e. The maximum atomic E-state index is 11.3. The van der Waals surface area contributed by atoms with Crippen LogP contribution in [0.25, 0.3) is 0 Å². The van der Waals surface area contributed by atoms with E-state index in [1.807, 2.05) is 6.92 Å². The van der Waals surface area contributed by atoms with Gasteiger partial charge < -0.3 is 14.6 Å². The highest BCUT2D eigenvalue weighted by Crippen LogP contribution is 2.22. The van der Waals surface area contributed by atoms with E-state index in [0.717, 1.165) is 0 Å². The zero-order valence-corrected chi connectivity index (χ0v) is 7.40. The summed E-state index contributed by atoms with van der Waals surface area (Å²) in [5, 5.41) is 6.21. The highest BCUT2D eigenvalue weighted by atomic mass is 16.6. The molecule has 1 fully saturated rings. The van der Waals surface area contributed by atoms with Crippen LogP contribution in [0.4, 0.5) is 5.82 Å². The van der Waals surface area contributed by atoms with Gasteiger partial charge in [0.1, 0.15) is 5.76 Å². The molecule has 0 aromatic carbocycles. The largest absolute Gasteiger partial charge is 0.360 e. The van der Waals surface area contributed by atoms with Gasteiger partial charge in [-0.25, -0.2) is 0 Å². The molecule has 2 rings (SSSR count). The molecule has 1 saturated heterocycles. The zero-order chi connectivity index (χ0) is 9.42. The fourth-order valence-electron chi connectivity index (χ4n) is 1.08. The second-order valence-electron chi connectivity index (χ2n) is 3.07. The first-order valence-electron chi connectivity index (χ1n) is 4.06. The molecule has 1 amide bonds. The standard InChI is InChI=1S/C8H10N2O3/c1-4-3-6(10-13-4)9-8(11)7-5(2)12-7/h3,5,7H,1-2H3,(H,9,10,11)/t5-,7+/m0/s1. The van der Waals surface area contributed by atoms with E-state index in [9.17, 15) is 4.79 Å². The molecule has 0 saturated carbocycles. The first-order valence-corrected chi connectivity index (χ1v) is 4.06. The van der Waals surface area contributed by atoms with Crippen LogP contribution in [0.5, 0.6) is 0 Å². The molecule has 1 aliphatic rings. The Balaban J connectivity index is 1.95. The van der Waals surface area contributed by atoms with Crippen molar-refractivity contribution in [1.29, 1.82) is 0 Å². The molecule has 0 spiro atoms. The molecule has 1 aromatic rings. The second kappa shape index (κ2) is 2.85. The quantitative estimate of drug-likeness (QED) is 0.684. The van der Waals surface area contributed by atoms with Crippen LogP contribution in [0.3, 0.4) is 0 Å². The van der Waals surface area contributed by atoms with Crippen LogP contribution in [-0.4, -0.2) is 23.3 Å². The van der Waals surface area contributed by atoms with Gasteiger partial charge in [-0.3, -0.25) is 4.79 Å². The Kier molecular flexibility index (Phi) is 1.81. The average Bonchev–Trinajstić information content (AvgIpc) is 2.66.